The van der Waals surface area contributed by atoms with Gasteiger partial charge in [0.2, 0.25) is 17.7 Å². The summed E-state index contributed by atoms with van der Waals surface area (Å²) in [5.74, 6) is -1.87. The van der Waals surface area contributed by atoms with E-state index in [9.17, 15) is 29.1 Å². The number of hydrazine groups is 1. The third kappa shape index (κ3) is 9.60. The lowest BCUT2D eigenvalue weighted by Gasteiger charge is -2.37. The third-order valence-electron chi connectivity index (χ3n) is 13.1. The standard InChI is InChI=1S/C50H63N7O9/c1-10-42(59)55-18-16-32(27-55)47(61)54(7)44(29(3)4)46(60)52-38-21-30-19-33(22-34(58)20-30)31-14-15-39-35(23-31)36(45(56(39)11-2)43-40(64-8)25-51-26-41(43)65-9)24-50(5,6)28-66-49(63)37-13-12-17-57(53-37)48(38)62/h10,14-15,19-20,22-23,25-26,29,32,37-38,44,53,58H,1,11-13,16-18,21,24,27-28H2,2-9H3,(H,52,60)/t32-,37-,38-,44-/m0/s1. The zero-order valence-electron chi connectivity index (χ0n) is 39.3. The Bertz CT molecular complexity index is 2510. The molecule has 0 saturated carbocycles. The fourth-order valence-corrected chi connectivity index (χ4v) is 9.86. The molecule has 3 N–H and O–H groups in total. The van der Waals surface area contributed by atoms with Crippen molar-refractivity contribution in [3.8, 4) is 39.6 Å². The first kappa shape index (κ1) is 47.5. The molecule has 4 amide bonds. The number of esters is 1. The van der Waals surface area contributed by atoms with Gasteiger partial charge in [-0.15, -0.1) is 0 Å². The van der Waals surface area contributed by atoms with Crippen LogP contribution in [0, 0.1) is 17.3 Å². The number of benzene rings is 2. The van der Waals surface area contributed by atoms with Crippen LogP contribution >= 0.6 is 0 Å². The molecule has 2 fully saturated rings. The van der Waals surface area contributed by atoms with E-state index in [-0.39, 0.29) is 49.6 Å². The number of hydrogen-bond donors (Lipinski definition) is 3. The van der Waals surface area contributed by atoms with Crippen molar-refractivity contribution >= 4 is 40.5 Å². The summed E-state index contributed by atoms with van der Waals surface area (Å²) in [6.07, 6.45) is 6.38. The molecule has 16 nitrogen and oxygen atoms in total. The third-order valence-corrected chi connectivity index (χ3v) is 13.1. The van der Waals surface area contributed by atoms with E-state index in [1.54, 1.807) is 50.7 Å². The number of phenolic OH excluding ortho intramolecular Hbond substituents is 1. The van der Waals surface area contributed by atoms with Crippen LogP contribution in [0.2, 0.25) is 0 Å². The monoisotopic (exact) mass is 905 g/mol. The molecular formula is C50H63N7O9. The molecule has 2 aromatic carbocycles. The number of likely N-dealkylation sites (tertiary alicyclic amines) is 1. The quantitative estimate of drug-likeness (QED) is 0.139. The van der Waals surface area contributed by atoms with Crippen LogP contribution in [-0.2, 0) is 48.1 Å². The zero-order valence-corrected chi connectivity index (χ0v) is 39.3. The highest BCUT2D eigenvalue weighted by molar-refractivity contribution is 5.97. The Labute approximate surface area is 386 Å². The molecule has 16 heteroatoms. The number of hydrogen-bond acceptors (Lipinski definition) is 11. The second-order valence-electron chi connectivity index (χ2n) is 18.8. The first-order valence-electron chi connectivity index (χ1n) is 22.8. The average Bonchev–Trinajstić information content (AvgIpc) is 3.91. The van der Waals surface area contributed by atoms with Crippen molar-refractivity contribution in [3.63, 3.8) is 0 Å². The number of ether oxygens (including phenoxy) is 3. The number of pyridine rings is 1. The molecule has 4 atom stereocenters. The predicted molar refractivity (Wildman–Crippen MR) is 249 cm³/mol. The Morgan fingerprint density at radius 2 is 1.79 bits per heavy atom. The minimum atomic E-state index is -1.18. The fourth-order valence-electron chi connectivity index (χ4n) is 9.86. The molecule has 6 bridgehead atoms. The van der Waals surface area contributed by atoms with Gasteiger partial charge in [-0.25, -0.2) is 5.43 Å². The smallest absolute Gasteiger partial charge is 0.324 e. The van der Waals surface area contributed by atoms with Gasteiger partial charge in [0.25, 0.3) is 5.91 Å². The summed E-state index contributed by atoms with van der Waals surface area (Å²) in [5.41, 5.74) is 8.13. The number of methoxy groups -OCH3 is 2. The second-order valence-corrected chi connectivity index (χ2v) is 18.8. The number of rotatable bonds is 10. The van der Waals surface area contributed by atoms with Crippen LogP contribution in [-0.4, -0.2) is 125 Å². The maximum Gasteiger partial charge on any atom is 0.324 e. The maximum atomic E-state index is 14.7. The average molecular weight is 906 g/mol. The SMILES string of the molecule is C=CC(=O)N1CC[C@H](C(=O)N(C)[C@H](C(=O)N[C@H]2Cc3cc(O)cc(c3)-c3ccc4c(c3)c(c(-c3c(OC)cncc3OC)n4CC)CC(C)(C)COC(=O)[C@@H]3CCCN(N3)C2=O)C(C)C)C1. The van der Waals surface area contributed by atoms with Crippen molar-refractivity contribution in [2.45, 2.75) is 91.4 Å². The first-order valence-corrected chi connectivity index (χ1v) is 22.8. The van der Waals surface area contributed by atoms with E-state index in [1.807, 2.05) is 45.9 Å². The van der Waals surface area contributed by atoms with E-state index >= 15 is 0 Å². The van der Waals surface area contributed by atoms with Crippen molar-refractivity contribution < 1.29 is 43.3 Å². The predicted octanol–water partition coefficient (Wildman–Crippen LogP) is 5.28. The molecule has 0 aliphatic carbocycles. The Hall–Kier alpha value is -6.42. The van der Waals surface area contributed by atoms with E-state index in [4.69, 9.17) is 14.2 Å². The van der Waals surface area contributed by atoms with Crippen LogP contribution in [0.3, 0.4) is 0 Å². The number of aromatic hydroxyl groups is 1. The Morgan fingerprint density at radius 3 is 2.45 bits per heavy atom. The number of cyclic esters (lactones) is 1. The number of nitrogens with one attached hydrogen (secondary N) is 2. The van der Waals surface area contributed by atoms with Crippen LogP contribution in [0.1, 0.15) is 65.0 Å². The van der Waals surface area contributed by atoms with Gasteiger partial charge in [-0.1, -0.05) is 46.4 Å². The molecule has 5 heterocycles. The number of likely N-dealkylation sites (N-methyl/N-ethyl adjacent to an activating group) is 1. The number of amides is 4. The molecule has 3 aliphatic heterocycles. The number of carbonyl (C=O) groups excluding carboxylic acids is 5. The van der Waals surface area contributed by atoms with E-state index in [2.05, 4.69) is 39.9 Å². The highest BCUT2D eigenvalue weighted by atomic mass is 16.5. The van der Waals surface area contributed by atoms with Crippen molar-refractivity contribution in [1.82, 2.24) is 35.1 Å². The summed E-state index contributed by atoms with van der Waals surface area (Å²) in [7, 11) is 4.77. The number of fused-ring (bicyclic) bond motifs is 6. The minimum Gasteiger partial charge on any atom is -0.508 e. The highest BCUT2D eigenvalue weighted by Gasteiger charge is 2.40. The van der Waals surface area contributed by atoms with Crippen molar-refractivity contribution in [1.29, 1.82) is 0 Å². The Kier molecular flexibility index (Phi) is 14.1. The molecule has 2 aromatic heterocycles. The summed E-state index contributed by atoms with van der Waals surface area (Å²) in [6, 6.07) is 8.31. The molecule has 352 valence electrons. The van der Waals surface area contributed by atoms with Gasteiger partial charge in [0.1, 0.15) is 35.4 Å². The van der Waals surface area contributed by atoms with Crippen LogP contribution in [0.5, 0.6) is 17.2 Å². The summed E-state index contributed by atoms with van der Waals surface area (Å²) in [6.45, 7) is 15.0. The number of phenols is 1. The Morgan fingerprint density at radius 1 is 1.06 bits per heavy atom. The van der Waals surface area contributed by atoms with Crippen molar-refractivity contribution in [2.24, 2.45) is 17.3 Å². The first-order chi connectivity index (χ1) is 31.5. The largest absolute Gasteiger partial charge is 0.508 e. The van der Waals surface area contributed by atoms with Crippen LogP contribution in [0.25, 0.3) is 33.3 Å². The molecule has 0 spiro atoms. The summed E-state index contributed by atoms with van der Waals surface area (Å²) in [5, 5.41) is 16.6. The van der Waals surface area contributed by atoms with Gasteiger partial charge < -0.3 is 39.0 Å². The summed E-state index contributed by atoms with van der Waals surface area (Å²) < 4.78 is 20.1. The van der Waals surface area contributed by atoms with Gasteiger partial charge in [0.05, 0.1) is 50.4 Å². The number of carbonyl (C=O) groups is 5. The molecular weight excluding hydrogens is 843 g/mol. The number of aryl methyl sites for hydroxylation is 1. The van der Waals surface area contributed by atoms with E-state index in [1.165, 1.54) is 16.0 Å². The second kappa shape index (κ2) is 19.6. The molecule has 7 rings (SSSR count). The van der Waals surface area contributed by atoms with Crippen molar-refractivity contribution in [2.75, 3.05) is 47.5 Å². The molecule has 66 heavy (non-hydrogen) atoms. The Balaban J connectivity index is 1.32. The van der Waals surface area contributed by atoms with Crippen LogP contribution in [0.15, 0.2) is 61.4 Å². The van der Waals surface area contributed by atoms with E-state index < -0.39 is 47.2 Å². The molecule has 0 unspecified atom stereocenters. The van der Waals surface area contributed by atoms with Crippen LogP contribution in [0.4, 0.5) is 0 Å². The summed E-state index contributed by atoms with van der Waals surface area (Å²) in [4.78, 5) is 76.7. The molecule has 4 aromatic rings. The van der Waals surface area contributed by atoms with Crippen molar-refractivity contribution in [3.05, 3.63) is 72.6 Å². The zero-order chi connectivity index (χ0) is 47.6. The highest BCUT2D eigenvalue weighted by Crippen LogP contribution is 2.46. The number of nitrogens with zero attached hydrogens (tertiary/aromatic N) is 5. The lowest BCUT2D eigenvalue weighted by molar-refractivity contribution is -0.155. The molecule has 3 aliphatic rings. The van der Waals surface area contributed by atoms with E-state index in [0.29, 0.717) is 61.4 Å². The maximum absolute atomic E-state index is 14.7. The van der Waals surface area contributed by atoms with Gasteiger partial charge >= 0.3 is 5.97 Å². The lowest BCUT2D eigenvalue weighted by atomic mass is 9.84. The van der Waals surface area contributed by atoms with Gasteiger partial charge in [-0.3, -0.25) is 34.0 Å². The van der Waals surface area contributed by atoms with Gasteiger partial charge in [0.15, 0.2) is 0 Å². The molecule has 2 saturated heterocycles. The topological polar surface area (TPSA) is 185 Å². The lowest BCUT2D eigenvalue weighted by Crippen LogP contribution is -2.62. The molecule has 0 radical (unpaired) electrons. The van der Waals surface area contributed by atoms with Gasteiger partial charge in [-0.05, 0) is 91.1 Å². The van der Waals surface area contributed by atoms with Gasteiger partial charge in [0, 0.05) is 56.0 Å². The number of aromatic nitrogens is 2. The normalized spacial score (nSPS) is 20.3. The van der Waals surface area contributed by atoms with Gasteiger partial charge in [-0.2, -0.15) is 0 Å². The van der Waals surface area contributed by atoms with Crippen LogP contribution < -0.4 is 20.2 Å². The van der Waals surface area contributed by atoms with E-state index in [0.717, 1.165) is 33.3 Å². The minimum absolute atomic E-state index is 0.0251. The fraction of sp³-hybridized carbons (Fsp3) is 0.480. The summed E-state index contributed by atoms with van der Waals surface area (Å²) >= 11 is 0.